The van der Waals surface area contributed by atoms with Crippen molar-refractivity contribution in [3.63, 3.8) is 0 Å². The average Bonchev–Trinajstić information content (AvgIpc) is 2.34. The first kappa shape index (κ1) is 13.1. The van der Waals surface area contributed by atoms with E-state index in [1.807, 2.05) is 12.3 Å². The van der Waals surface area contributed by atoms with Crippen molar-refractivity contribution in [1.82, 2.24) is 10.3 Å². The van der Waals surface area contributed by atoms with Gasteiger partial charge in [0.1, 0.15) is 0 Å². The summed E-state index contributed by atoms with van der Waals surface area (Å²) in [6.07, 6.45) is 3.65. The lowest BCUT2D eigenvalue weighted by molar-refractivity contribution is 0.149. The van der Waals surface area contributed by atoms with Crippen LogP contribution in [0, 0.1) is 6.92 Å². The minimum Gasteiger partial charge on any atom is -0.394 e. The first-order chi connectivity index (χ1) is 7.67. The number of hydrogen-bond donors (Lipinski definition) is 2. The van der Waals surface area contributed by atoms with Gasteiger partial charge in [0.2, 0.25) is 0 Å². The summed E-state index contributed by atoms with van der Waals surface area (Å²) < 4.78 is 0. The highest BCUT2D eigenvalue weighted by molar-refractivity contribution is 5.17. The van der Waals surface area contributed by atoms with Gasteiger partial charge in [-0.25, -0.2) is 0 Å². The van der Waals surface area contributed by atoms with Crippen LogP contribution < -0.4 is 5.32 Å². The third-order valence-corrected chi connectivity index (χ3v) is 3.40. The Hall–Kier alpha value is -0.930. The number of aliphatic hydroxyl groups is 1. The number of nitrogens with one attached hydrogen (secondary N) is 1. The number of aryl methyl sites for hydroxylation is 1. The van der Waals surface area contributed by atoms with Crippen molar-refractivity contribution in [2.24, 2.45) is 0 Å². The zero-order chi connectivity index (χ0) is 12.0. The third-order valence-electron chi connectivity index (χ3n) is 3.40. The van der Waals surface area contributed by atoms with Gasteiger partial charge in [0.25, 0.3) is 0 Å². The molecule has 0 atom stereocenters. The van der Waals surface area contributed by atoms with E-state index in [1.165, 1.54) is 5.56 Å². The van der Waals surface area contributed by atoms with Crippen LogP contribution in [0.15, 0.2) is 18.3 Å². The minimum absolute atomic E-state index is 0.163. The lowest BCUT2D eigenvalue weighted by Gasteiger charge is -2.31. The second kappa shape index (κ2) is 5.97. The van der Waals surface area contributed by atoms with Gasteiger partial charge < -0.3 is 10.4 Å². The van der Waals surface area contributed by atoms with Gasteiger partial charge >= 0.3 is 0 Å². The number of nitrogens with zero attached hydrogens (tertiary/aromatic N) is 1. The van der Waals surface area contributed by atoms with Crippen molar-refractivity contribution in [2.75, 3.05) is 6.61 Å². The van der Waals surface area contributed by atoms with E-state index in [9.17, 15) is 5.11 Å². The molecule has 90 valence electrons. The molecule has 0 saturated carbocycles. The summed E-state index contributed by atoms with van der Waals surface area (Å²) >= 11 is 0. The predicted octanol–water partition coefficient (Wildman–Crippen LogP) is 2.03. The largest absolute Gasteiger partial charge is 0.394 e. The smallest absolute Gasteiger partial charge is 0.0613 e. The molecule has 0 aliphatic rings. The van der Waals surface area contributed by atoms with Crippen LogP contribution in [0.5, 0.6) is 0 Å². The predicted molar refractivity (Wildman–Crippen MR) is 66.2 cm³/mol. The Labute approximate surface area is 97.9 Å². The van der Waals surface area contributed by atoms with E-state index >= 15 is 0 Å². The van der Waals surface area contributed by atoms with Crippen LogP contribution in [-0.2, 0) is 6.54 Å². The van der Waals surface area contributed by atoms with Crippen molar-refractivity contribution in [3.05, 3.63) is 29.6 Å². The number of aromatic nitrogens is 1. The summed E-state index contributed by atoms with van der Waals surface area (Å²) in [5, 5.41) is 12.9. The Balaban J connectivity index is 2.66. The van der Waals surface area contributed by atoms with Crippen LogP contribution in [0.3, 0.4) is 0 Å². The van der Waals surface area contributed by atoms with Gasteiger partial charge in [-0.15, -0.1) is 0 Å². The molecule has 0 unspecified atom stereocenters. The molecule has 0 radical (unpaired) electrons. The lowest BCUT2D eigenvalue weighted by Crippen LogP contribution is -2.47. The molecule has 1 aromatic heterocycles. The van der Waals surface area contributed by atoms with E-state index in [4.69, 9.17) is 0 Å². The van der Waals surface area contributed by atoms with Crippen LogP contribution in [0.4, 0.5) is 0 Å². The zero-order valence-electron chi connectivity index (χ0n) is 10.5. The number of hydrogen-bond acceptors (Lipinski definition) is 3. The maximum atomic E-state index is 9.44. The number of pyridine rings is 1. The molecule has 3 heteroatoms. The molecule has 0 aromatic carbocycles. The Morgan fingerprint density at radius 2 is 2.06 bits per heavy atom. The Bertz CT molecular complexity index is 313. The molecule has 0 amide bonds. The summed E-state index contributed by atoms with van der Waals surface area (Å²) in [6.45, 7) is 7.14. The van der Waals surface area contributed by atoms with Crippen LogP contribution in [-0.4, -0.2) is 22.2 Å². The highest BCUT2D eigenvalue weighted by atomic mass is 16.3. The fourth-order valence-electron chi connectivity index (χ4n) is 1.75. The lowest BCUT2D eigenvalue weighted by atomic mass is 9.93. The maximum absolute atomic E-state index is 9.44. The third kappa shape index (κ3) is 3.03. The van der Waals surface area contributed by atoms with E-state index in [-0.39, 0.29) is 12.1 Å². The molecule has 0 spiro atoms. The van der Waals surface area contributed by atoms with Crippen LogP contribution >= 0.6 is 0 Å². The molecule has 3 nitrogen and oxygen atoms in total. The molecule has 0 bridgehead atoms. The molecule has 2 N–H and O–H groups in total. The Kier molecular flexibility index (Phi) is 4.90. The summed E-state index contributed by atoms with van der Waals surface area (Å²) in [7, 11) is 0. The van der Waals surface area contributed by atoms with E-state index in [0.717, 1.165) is 25.1 Å². The van der Waals surface area contributed by atoms with Crippen molar-refractivity contribution in [1.29, 1.82) is 0 Å². The van der Waals surface area contributed by atoms with Crippen LogP contribution in [0.25, 0.3) is 0 Å². The molecule has 0 aliphatic heterocycles. The normalized spacial score (nSPS) is 11.8. The average molecular weight is 222 g/mol. The molecular formula is C13H22N2O. The van der Waals surface area contributed by atoms with Crippen molar-refractivity contribution in [2.45, 2.75) is 45.7 Å². The number of aliphatic hydroxyl groups excluding tert-OH is 1. The van der Waals surface area contributed by atoms with Gasteiger partial charge in [-0.1, -0.05) is 19.9 Å². The van der Waals surface area contributed by atoms with Crippen LogP contribution in [0.1, 0.15) is 37.9 Å². The van der Waals surface area contributed by atoms with Crippen molar-refractivity contribution < 1.29 is 5.11 Å². The van der Waals surface area contributed by atoms with Gasteiger partial charge in [0.15, 0.2) is 0 Å². The topological polar surface area (TPSA) is 45.1 Å². The highest BCUT2D eigenvalue weighted by Gasteiger charge is 2.24. The molecular weight excluding hydrogens is 200 g/mol. The Morgan fingerprint density at radius 1 is 1.38 bits per heavy atom. The summed E-state index contributed by atoms with van der Waals surface area (Å²) in [5.41, 5.74) is 2.08. The molecule has 0 saturated heterocycles. The van der Waals surface area contributed by atoms with Crippen molar-refractivity contribution in [3.8, 4) is 0 Å². The van der Waals surface area contributed by atoms with E-state index < -0.39 is 0 Å². The molecule has 1 rings (SSSR count). The first-order valence-corrected chi connectivity index (χ1v) is 5.94. The fraction of sp³-hybridized carbons (Fsp3) is 0.615. The standard InChI is InChI=1S/C13H22N2O/c1-4-13(5-2,10-16)15-9-12-11(3)7-6-8-14-12/h6-8,15-16H,4-5,9-10H2,1-3H3. The van der Waals surface area contributed by atoms with Gasteiger partial charge in [-0.05, 0) is 31.4 Å². The van der Waals surface area contributed by atoms with E-state index in [0.29, 0.717) is 0 Å². The molecule has 1 aromatic rings. The minimum atomic E-state index is -0.163. The van der Waals surface area contributed by atoms with Gasteiger partial charge in [0, 0.05) is 18.3 Å². The molecule has 1 heterocycles. The second-order valence-corrected chi connectivity index (χ2v) is 4.27. The monoisotopic (exact) mass is 222 g/mol. The molecule has 0 aliphatic carbocycles. The SMILES string of the molecule is CCC(CC)(CO)NCc1ncccc1C. The summed E-state index contributed by atoms with van der Waals surface area (Å²) in [6, 6.07) is 4.00. The quantitative estimate of drug-likeness (QED) is 0.774. The van der Waals surface area contributed by atoms with Crippen molar-refractivity contribution >= 4 is 0 Å². The van der Waals surface area contributed by atoms with E-state index in [1.54, 1.807) is 0 Å². The summed E-state index contributed by atoms with van der Waals surface area (Å²) in [5.74, 6) is 0. The maximum Gasteiger partial charge on any atom is 0.0613 e. The molecule has 0 fully saturated rings. The fourth-order valence-corrected chi connectivity index (χ4v) is 1.75. The van der Waals surface area contributed by atoms with Crippen LogP contribution in [0.2, 0.25) is 0 Å². The zero-order valence-corrected chi connectivity index (χ0v) is 10.5. The van der Waals surface area contributed by atoms with Gasteiger partial charge in [-0.3, -0.25) is 4.98 Å². The van der Waals surface area contributed by atoms with Gasteiger partial charge in [-0.2, -0.15) is 0 Å². The van der Waals surface area contributed by atoms with E-state index in [2.05, 4.69) is 37.1 Å². The Morgan fingerprint density at radius 3 is 2.56 bits per heavy atom. The highest BCUT2D eigenvalue weighted by Crippen LogP contribution is 2.15. The second-order valence-electron chi connectivity index (χ2n) is 4.27. The first-order valence-electron chi connectivity index (χ1n) is 5.94. The van der Waals surface area contributed by atoms with Gasteiger partial charge in [0.05, 0.1) is 12.3 Å². The number of rotatable bonds is 6. The molecule has 16 heavy (non-hydrogen) atoms. The summed E-state index contributed by atoms with van der Waals surface area (Å²) in [4.78, 5) is 4.34.